The van der Waals surface area contributed by atoms with E-state index < -0.39 is 0 Å². The van der Waals surface area contributed by atoms with Crippen molar-refractivity contribution in [2.45, 2.75) is 39.7 Å². The summed E-state index contributed by atoms with van der Waals surface area (Å²) in [5.74, 6) is 3.70. The van der Waals surface area contributed by atoms with Crippen molar-refractivity contribution < 1.29 is 0 Å². The number of aromatic nitrogens is 1. The lowest BCUT2D eigenvalue weighted by Gasteiger charge is -2.22. The van der Waals surface area contributed by atoms with Gasteiger partial charge in [0, 0.05) is 31.1 Å². The van der Waals surface area contributed by atoms with Crippen LogP contribution in [0.4, 0.5) is 5.82 Å². The molecule has 0 spiro atoms. The number of hydrogen-bond donors (Lipinski definition) is 1. The second kappa shape index (κ2) is 8.53. The molecule has 0 bridgehead atoms. The number of thioether (sulfide) groups is 1. The van der Waals surface area contributed by atoms with E-state index in [1.165, 1.54) is 35.0 Å². The summed E-state index contributed by atoms with van der Waals surface area (Å²) in [7, 11) is 0. The molecule has 2 rings (SSSR count). The Morgan fingerprint density at radius 1 is 1.25 bits per heavy atom. The number of hydrogen-bond acceptors (Lipinski definition) is 4. The number of nitrogens with one attached hydrogen (secondary N) is 1. The molecule has 1 aliphatic heterocycles. The van der Waals surface area contributed by atoms with Crippen LogP contribution in [-0.4, -0.2) is 36.1 Å². The van der Waals surface area contributed by atoms with Crippen LogP contribution in [0.5, 0.6) is 0 Å². The minimum Gasteiger partial charge on any atom is -0.356 e. The fourth-order valence-electron chi connectivity index (χ4n) is 2.53. The lowest BCUT2D eigenvalue weighted by Crippen LogP contribution is -2.27. The van der Waals surface area contributed by atoms with Gasteiger partial charge in [-0.3, -0.25) is 0 Å². The molecular formula is C16H27N3S. The molecule has 0 radical (unpaired) electrons. The number of anilines is 1. The van der Waals surface area contributed by atoms with E-state index in [4.69, 9.17) is 4.98 Å². The van der Waals surface area contributed by atoms with E-state index in [9.17, 15) is 0 Å². The molecule has 3 nitrogen and oxygen atoms in total. The van der Waals surface area contributed by atoms with Gasteiger partial charge in [-0.2, -0.15) is 11.8 Å². The molecule has 0 aromatic carbocycles. The van der Waals surface area contributed by atoms with E-state index in [-0.39, 0.29) is 0 Å². The number of pyridine rings is 1. The Hall–Kier alpha value is -0.740. The highest BCUT2D eigenvalue weighted by atomic mass is 32.2. The van der Waals surface area contributed by atoms with Crippen LogP contribution in [0.3, 0.4) is 0 Å². The van der Waals surface area contributed by atoms with Gasteiger partial charge in [0.05, 0.1) is 0 Å². The highest BCUT2D eigenvalue weighted by Gasteiger charge is 2.13. The molecule has 1 N–H and O–H groups in total. The molecule has 1 aromatic rings. The summed E-state index contributed by atoms with van der Waals surface area (Å²) < 4.78 is 0. The van der Waals surface area contributed by atoms with Crippen LogP contribution < -0.4 is 10.2 Å². The molecule has 1 saturated heterocycles. The maximum absolute atomic E-state index is 4.89. The van der Waals surface area contributed by atoms with Gasteiger partial charge in [0.2, 0.25) is 0 Å². The zero-order valence-electron chi connectivity index (χ0n) is 12.8. The summed E-state index contributed by atoms with van der Waals surface area (Å²) in [6.07, 6.45) is 3.51. The van der Waals surface area contributed by atoms with Crippen molar-refractivity contribution >= 4 is 17.6 Å². The normalized spacial score (nSPS) is 16.2. The van der Waals surface area contributed by atoms with Gasteiger partial charge in [-0.05, 0) is 42.8 Å². The maximum atomic E-state index is 4.89. The highest BCUT2D eigenvalue weighted by Crippen LogP contribution is 2.20. The molecule has 1 fully saturated rings. The predicted molar refractivity (Wildman–Crippen MR) is 89.8 cm³/mol. The largest absolute Gasteiger partial charge is 0.356 e. The van der Waals surface area contributed by atoms with Crippen molar-refractivity contribution in [3.05, 3.63) is 23.4 Å². The van der Waals surface area contributed by atoms with Crippen LogP contribution in [0.25, 0.3) is 0 Å². The zero-order valence-corrected chi connectivity index (χ0v) is 13.6. The fourth-order valence-corrected chi connectivity index (χ4v) is 3.41. The first-order chi connectivity index (χ1) is 9.83. The highest BCUT2D eigenvalue weighted by molar-refractivity contribution is 7.99. The average molecular weight is 293 g/mol. The summed E-state index contributed by atoms with van der Waals surface area (Å²) in [5, 5.41) is 3.43. The molecule has 0 aliphatic carbocycles. The topological polar surface area (TPSA) is 28.2 Å². The average Bonchev–Trinajstić information content (AvgIpc) is 2.74. The van der Waals surface area contributed by atoms with Crippen molar-refractivity contribution in [1.82, 2.24) is 10.3 Å². The molecule has 1 aromatic heterocycles. The van der Waals surface area contributed by atoms with Gasteiger partial charge in [0.15, 0.2) is 0 Å². The van der Waals surface area contributed by atoms with E-state index in [2.05, 4.69) is 48.0 Å². The smallest absolute Gasteiger partial charge is 0.129 e. The van der Waals surface area contributed by atoms with E-state index in [0.29, 0.717) is 0 Å². The van der Waals surface area contributed by atoms with Crippen molar-refractivity contribution in [1.29, 1.82) is 0 Å². The Kier molecular flexibility index (Phi) is 6.67. The van der Waals surface area contributed by atoms with Gasteiger partial charge >= 0.3 is 0 Å². The SMILES string of the molecule is CCCc1cc(CNCC)cc(N2CCCSCC2)n1. The van der Waals surface area contributed by atoms with Gasteiger partial charge < -0.3 is 10.2 Å². The number of rotatable bonds is 6. The van der Waals surface area contributed by atoms with Gasteiger partial charge in [-0.1, -0.05) is 20.3 Å². The first kappa shape index (κ1) is 15.6. The fraction of sp³-hybridized carbons (Fsp3) is 0.688. The Morgan fingerprint density at radius 2 is 2.15 bits per heavy atom. The third kappa shape index (κ3) is 4.67. The van der Waals surface area contributed by atoms with Gasteiger partial charge in [-0.15, -0.1) is 0 Å². The van der Waals surface area contributed by atoms with Gasteiger partial charge in [0.1, 0.15) is 5.82 Å². The summed E-state index contributed by atoms with van der Waals surface area (Å²) >= 11 is 2.06. The van der Waals surface area contributed by atoms with Crippen LogP contribution in [0.15, 0.2) is 12.1 Å². The maximum Gasteiger partial charge on any atom is 0.129 e. The van der Waals surface area contributed by atoms with E-state index in [0.717, 1.165) is 39.0 Å². The van der Waals surface area contributed by atoms with Crippen molar-refractivity contribution in [3.8, 4) is 0 Å². The zero-order chi connectivity index (χ0) is 14.2. The van der Waals surface area contributed by atoms with Gasteiger partial charge in [-0.25, -0.2) is 4.98 Å². The second-order valence-corrected chi connectivity index (χ2v) is 6.53. The standard InChI is InChI=1S/C16H27N3S/c1-3-6-15-11-14(13-17-4-2)12-16(18-15)19-7-5-9-20-10-8-19/h11-12,17H,3-10,13H2,1-2H3. The first-order valence-corrected chi connectivity index (χ1v) is 9.02. The third-order valence-corrected chi connectivity index (χ3v) is 4.60. The predicted octanol–water partition coefficient (Wildman–Crippen LogP) is 3.09. The molecule has 4 heteroatoms. The Balaban J connectivity index is 2.17. The monoisotopic (exact) mass is 293 g/mol. The van der Waals surface area contributed by atoms with E-state index >= 15 is 0 Å². The van der Waals surface area contributed by atoms with E-state index in [1.54, 1.807) is 0 Å². The quantitative estimate of drug-likeness (QED) is 0.872. The summed E-state index contributed by atoms with van der Waals surface area (Å²) in [6, 6.07) is 4.54. The minimum absolute atomic E-state index is 0.950. The lowest BCUT2D eigenvalue weighted by molar-refractivity contribution is 0.719. The van der Waals surface area contributed by atoms with E-state index in [1.807, 2.05) is 0 Å². The molecule has 0 atom stereocenters. The molecule has 0 unspecified atom stereocenters. The lowest BCUT2D eigenvalue weighted by atomic mass is 10.1. The Bertz CT molecular complexity index is 401. The third-order valence-electron chi connectivity index (χ3n) is 3.56. The van der Waals surface area contributed by atoms with Crippen LogP contribution in [0, 0.1) is 0 Å². The van der Waals surface area contributed by atoms with Crippen molar-refractivity contribution in [2.24, 2.45) is 0 Å². The van der Waals surface area contributed by atoms with Crippen LogP contribution in [0.2, 0.25) is 0 Å². The molecular weight excluding hydrogens is 266 g/mol. The molecule has 2 heterocycles. The summed E-state index contributed by atoms with van der Waals surface area (Å²) in [5.41, 5.74) is 2.62. The Labute approximate surface area is 127 Å². The van der Waals surface area contributed by atoms with Crippen LogP contribution in [0.1, 0.15) is 37.9 Å². The molecule has 0 amide bonds. The molecule has 1 aliphatic rings. The van der Waals surface area contributed by atoms with Crippen LogP contribution >= 0.6 is 11.8 Å². The molecule has 20 heavy (non-hydrogen) atoms. The first-order valence-electron chi connectivity index (χ1n) is 7.86. The molecule has 112 valence electrons. The number of aryl methyl sites for hydroxylation is 1. The van der Waals surface area contributed by atoms with Crippen LogP contribution in [-0.2, 0) is 13.0 Å². The number of nitrogens with zero attached hydrogens (tertiary/aromatic N) is 2. The minimum atomic E-state index is 0.950. The Morgan fingerprint density at radius 3 is 2.95 bits per heavy atom. The van der Waals surface area contributed by atoms with Crippen molar-refractivity contribution in [3.63, 3.8) is 0 Å². The van der Waals surface area contributed by atoms with Gasteiger partial charge in [0.25, 0.3) is 0 Å². The molecule has 0 saturated carbocycles. The summed E-state index contributed by atoms with van der Waals surface area (Å²) in [6.45, 7) is 8.62. The second-order valence-electron chi connectivity index (χ2n) is 5.31. The van der Waals surface area contributed by atoms with Crippen molar-refractivity contribution in [2.75, 3.05) is 36.0 Å². The summed E-state index contributed by atoms with van der Waals surface area (Å²) in [4.78, 5) is 7.35.